The highest BCUT2D eigenvalue weighted by molar-refractivity contribution is 5.92. The molecule has 0 bridgehead atoms. The maximum absolute atomic E-state index is 12.9. The van der Waals surface area contributed by atoms with E-state index in [1.165, 1.54) is 0 Å². The highest BCUT2D eigenvalue weighted by atomic mass is 16.3. The third-order valence-electron chi connectivity index (χ3n) is 4.72. The van der Waals surface area contributed by atoms with Gasteiger partial charge in [0.1, 0.15) is 5.69 Å². The molecule has 2 aromatic rings. The van der Waals surface area contributed by atoms with Gasteiger partial charge in [0.2, 0.25) is 0 Å². The molecular weight excluding hydrogens is 316 g/mol. The molecule has 1 saturated heterocycles. The van der Waals surface area contributed by atoms with Crippen molar-refractivity contribution in [2.45, 2.75) is 26.0 Å². The first-order chi connectivity index (χ1) is 12.2. The van der Waals surface area contributed by atoms with E-state index >= 15 is 0 Å². The van der Waals surface area contributed by atoms with E-state index in [-0.39, 0.29) is 12.0 Å². The van der Waals surface area contributed by atoms with Gasteiger partial charge in [0.15, 0.2) is 0 Å². The summed E-state index contributed by atoms with van der Waals surface area (Å²) in [5.74, 6) is 0.0737. The molecule has 6 nitrogen and oxygen atoms in total. The van der Waals surface area contributed by atoms with Crippen LogP contribution in [0.3, 0.4) is 0 Å². The molecule has 0 aliphatic carbocycles. The largest absolute Gasteiger partial charge is 0.392 e. The number of carbonyl (C=O) groups excluding carboxylic acids is 1. The molecule has 25 heavy (non-hydrogen) atoms. The van der Waals surface area contributed by atoms with Crippen LogP contribution in [0.1, 0.15) is 29.4 Å². The molecule has 134 valence electrons. The van der Waals surface area contributed by atoms with E-state index in [1.807, 2.05) is 53.0 Å². The summed E-state index contributed by atoms with van der Waals surface area (Å²) in [5.41, 5.74) is 1.79. The number of aromatic nitrogens is 2. The van der Waals surface area contributed by atoms with E-state index in [1.54, 1.807) is 6.20 Å². The minimum atomic E-state index is -0.279. The zero-order valence-electron chi connectivity index (χ0n) is 14.7. The maximum atomic E-state index is 12.9. The Hall–Kier alpha value is -2.18. The third-order valence-corrected chi connectivity index (χ3v) is 4.72. The Morgan fingerprint density at radius 1 is 1.24 bits per heavy atom. The maximum Gasteiger partial charge on any atom is 0.270 e. The first kappa shape index (κ1) is 17.6. The lowest BCUT2D eigenvalue weighted by Crippen LogP contribution is -2.50. The molecule has 6 heteroatoms. The Morgan fingerprint density at radius 2 is 2.04 bits per heavy atom. The van der Waals surface area contributed by atoms with Crippen molar-refractivity contribution in [3.63, 3.8) is 0 Å². The fourth-order valence-corrected chi connectivity index (χ4v) is 3.16. The summed E-state index contributed by atoms with van der Waals surface area (Å²) in [4.78, 5) is 21.1. The first-order valence-corrected chi connectivity index (χ1v) is 8.91. The number of piperazine rings is 1. The van der Waals surface area contributed by atoms with Gasteiger partial charge in [0.25, 0.3) is 5.91 Å². The zero-order chi connectivity index (χ0) is 17.6. The van der Waals surface area contributed by atoms with Crippen molar-refractivity contribution in [1.29, 1.82) is 0 Å². The zero-order valence-corrected chi connectivity index (χ0v) is 14.7. The molecule has 2 aromatic heterocycles. The number of hydrogen-bond acceptors (Lipinski definition) is 4. The van der Waals surface area contributed by atoms with Gasteiger partial charge in [-0.1, -0.05) is 13.0 Å². The van der Waals surface area contributed by atoms with Crippen LogP contribution in [0, 0.1) is 0 Å². The lowest BCUT2D eigenvalue weighted by Gasteiger charge is -2.35. The Balaban J connectivity index is 1.60. The lowest BCUT2D eigenvalue weighted by molar-refractivity contribution is 0.0516. The van der Waals surface area contributed by atoms with Gasteiger partial charge in [-0.05, 0) is 30.2 Å². The number of nitrogens with zero attached hydrogens (tertiary/aromatic N) is 4. The van der Waals surface area contributed by atoms with Gasteiger partial charge in [-0.15, -0.1) is 0 Å². The Morgan fingerprint density at radius 3 is 2.72 bits per heavy atom. The average Bonchev–Trinajstić information content (AvgIpc) is 3.10. The molecule has 0 aromatic carbocycles. The molecule has 1 aliphatic rings. The van der Waals surface area contributed by atoms with Crippen molar-refractivity contribution in [3.05, 3.63) is 54.1 Å². The van der Waals surface area contributed by atoms with Gasteiger partial charge in [-0.3, -0.25) is 14.7 Å². The van der Waals surface area contributed by atoms with Crippen LogP contribution in [0.2, 0.25) is 0 Å². The van der Waals surface area contributed by atoms with Crippen molar-refractivity contribution < 1.29 is 9.90 Å². The normalized spacial score (nSPS) is 16.8. The number of pyridine rings is 1. The summed E-state index contributed by atoms with van der Waals surface area (Å²) in [6.07, 6.45) is 6.00. The van der Waals surface area contributed by atoms with Gasteiger partial charge < -0.3 is 14.6 Å². The number of carbonyl (C=O) groups is 1. The van der Waals surface area contributed by atoms with Crippen LogP contribution in [0.15, 0.2) is 42.9 Å². The number of rotatable bonds is 6. The molecule has 0 saturated carbocycles. The molecule has 0 spiro atoms. The highest BCUT2D eigenvalue weighted by Gasteiger charge is 2.24. The summed E-state index contributed by atoms with van der Waals surface area (Å²) in [6.45, 7) is 6.35. The number of hydrogen-bond donors (Lipinski definition) is 1. The highest BCUT2D eigenvalue weighted by Crippen LogP contribution is 2.12. The molecule has 1 N–H and O–H groups in total. The number of aliphatic hydroxyl groups excluding tert-OH is 1. The number of β-amino-alcohol motifs (C(OH)–C–C–N with tert-alkyl or cyclic N) is 1. The predicted molar refractivity (Wildman–Crippen MR) is 96.4 cm³/mol. The van der Waals surface area contributed by atoms with Crippen LogP contribution >= 0.6 is 0 Å². The molecule has 3 rings (SSSR count). The third kappa shape index (κ3) is 4.46. The molecular formula is C19H26N4O2. The van der Waals surface area contributed by atoms with Crippen molar-refractivity contribution in [1.82, 2.24) is 19.4 Å². The predicted octanol–water partition coefficient (Wildman–Crippen LogP) is 1.46. The van der Waals surface area contributed by atoms with E-state index in [0.717, 1.165) is 25.1 Å². The fourth-order valence-electron chi connectivity index (χ4n) is 3.16. The molecule has 1 atom stereocenters. The van der Waals surface area contributed by atoms with Crippen LogP contribution in [0.4, 0.5) is 0 Å². The van der Waals surface area contributed by atoms with Crippen LogP contribution < -0.4 is 0 Å². The van der Waals surface area contributed by atoms with E-state index in [4.69, 9.17) is 0 Å². The van der Waals surface area contributed by atoms with Crippen molar-refractivity contribution in [3.8, 4) is 0 Å². The first-order valence-electron chi connectivity index (χ1n) is 8.91. The molecule has 1 amide bonds. The monoisotopic (exact) mass is 342 g/mol. The molecule has 3 heterocycles. The fraction of sp³-hybridized carbons (Fsp3) is 0.474. The summed E-state index contributed by atoms with van der Waals surface area (Å²) in [5, 5.41) is 9.78. The van der Waals surface area contributed by atoms with Gasteiger partial charge in [-0.2, -0.15) is 0 Å². The molecule has 1 fully saturated rings. The second-order valence-electron chi connectivity index (χ2n) is 6.54. The van der Waals surface area contributed by atoms with E-state index in [0.29, 0.717) is 31.9 Å². The Kier molecular flexibility index (Phi) is 5.83. The lowest BCUT2D eigenvalue weighted by atomic mass is 10.2. The quantitative estimate of drug-likeness (QED) is 0.863. The second-order valence-corrected chi connectivity index (χ2v) is 6.54. The molecule has 1 aliphatic heterocycles. The Bertz CT molecular complexity index is 678. The molecule has 0 radical (unpaired) electrons. The van der Waals surface area contributed by atoms with Crippen molar-refractivity contribution >= 4 is 5.91 Å². The summed E-state index contributed by atoms with van der Waals surface area (Å²) in [6, 6.07) is 7.71. The molecule has 0 unspecified atom stereocenters. The van der Waals surface area contributed by atoms with Gasteiger partial charge in [0.05, 0.1) is 6.10 Å². The minimum Gasteiger partial charge on any atom is -0.392 e. The van der Waals surface area contributed by atoms with Crippen LogP contribution in [0.5, 0.6) is 0 Å². The van der Waals surface area contributed by atoms with Gasteiger partial charge >= 0.3 is 0 Å². The van der Waals surface area contributed by atoms with Crippen LogP contribution in [-0.4, -0.2) is 69.2 Å². The number of aliphatic hydroxyl groups is 1. The van der Waals surface area contributed by atoms with E-state index < -0.39 is 0 Å². The van der Waals surface area contributed by atoms with Gasteiger partial charge in [-0.25, -0.2) is 0 Å². The standard InChI is InChI=1S/C19H26N4O2/c1-2-17(24)15-21-9-11-22(12-10-21)19(25)18-6-4-8-23(18)14-16-5-3-7-20-13-16/h3-8,13,17,24H,2,9-12,14-15H2,1H3/t17-/m1/s1. The van der Waals surface area contributed by atoms with Crippen molar-refractivity contribution in [2.75, 3.05) is 32.7 Å². The summed E-state index contributed by atoms with van der Waals surface area (Å²) in [7, 11) is 0. The SMILES string of the molecule is CC[C@@H](O)CN1CCN(C(=O)c2cccn2Cc2cccnc2)CC1. The minimum absolute atomic E-state index is 0.0737. The van der Waals surface area contributed by atoms with Crippen molar-refractivity contribution in [2.24, 2.45) is 0 Å². The summed E-state index contributed by atoms with van der Waals surface area (Å²) >= 11 is 0. The summed E-state index contributed by atoms with van der Waals surface area (Å²) < 4.78 is 1.98. The van der Waals surface area contributed by atoms with Gasteiger partial charge in [0, 0.05) is 57.9 Å². The second kappa shape index (κ2) is 8.27. The number of amides is 1. The topological polar surface area (TPSA) is 61.6 Å². The Labute approximate surface area is 148 Å². The smallest absolute Gasteiger partial charge is 0.270 e. The average molecular weight is 342 g/mol. The van der Waals surface area contributed by atoms with E-state index in [2.05, 4.69) is 9.88 Å². The van der Waals surface area contributed by atoms with E-state index in [9.17, 15) is 9.90 Å². The van der Waals surface area contributed by atoms with Crippen LogP contribution in [0.25, 0.3) is 0 Å². The van der Waals surface area contributed by atoms with Crippen LogP contribution in [-0.2, 0) is 6.54 Å².